The summed E-state index contributed by atoms with van der Waals surface area (Å²) in [5, 5.41) is 31.1. The van der Waals surface area contributed by atoms with E-state index in [-0.39, 0.29) is 41.1 Å². The molecule has 30 heavy (non-hydrogen) atoms. The molecule has 0 amide bonds. The largest absolute Gasteiger partial charge is 0.502 e. The first-order valence-electron chi connectivity index (χ1n) is 9.15. The van der Waals surface area contributed by atoms with Crippen LogP contribution in [0, 0.1) is 5.92 Å². The van der Waals surface area contributed by atoms with Gasteiger partial charge in [0.15, 0.2) is 23.0 Å². The number of carbonyl (C=O) groups excluding carboxylic acids is 1. The van der Waals surface area contributed by atoms with E-state index in [0.29, 0.717) is 28.5 Å². The fourth-order valence-corrected chi connectivity index (χ4v) is 3.97. The summed E-state index contributed by atoms with van der Waals surface area (Å²) in [7, 11) is 5.64. The van der Waals surface area contributed by atoms with Gasteiger partial charge < -0.3 is 34.3 Å². The number of aromatic hydroxyl groups is 2. The molecule has 0 saturated carbocycles. The van der Waals surface area contributed by atoms with E-state index in [4.69, 9.17) is 18.9 Å². The summed E-state index contributed by atoms with van der Waals surface area (Å²) in [6.45, 7) is -0.337. The number of aldehydes is 1. The average molecular weight is 416 g/mol. The lowest BCUT2D eigenvalue weighted by Gasteiger charge is -2.34. The molecule has 0 aromatic heterocycles. The third-order valence-electron chi connectivity index (χ3n) is 5.37. The predicted molar refractivity (Wildman–Crippen MR) is 109 cm³/mol. The highest BCUT2D eigenvalue weighted by atomic mass is 16.5. The summed E-state index contributed by atoms with van der Waals surface area (Å²) >= 11 is 0. The van der Waals surface area contributed by atoms with Crippen LogP contribution in [0.15, 0.2) is 23.8 Å². The number of hydrogen-bond acceptors (Lipinski definition) is 8. The molecule has 0 saturated heterocycles. The van der Waals surface area contributed by atoms with Gasteiger partial charge in [0.25, 0.3) is 0 Å². The number of aliphatic hydroxyl groups excluding tert-OH is 1. The van der Waals surface area contributed by atoms with E-state index in [1.165, 1.54) is 28.4 Å². The number of phenols is 2. The molecule has 3 rings (SSSR count). The summed E-state index contributed by atoms with van der Waals surface area (Å²) < 4.78 is 21.3. The van der Waals surface area contributed by atoms with Gasteiger partial charge in [-0.2, -0.15) is 0 Å². The first-order chi connectivity index (χ1) is 14.4. The normalized spacial score (nSPS) is 17.6. The van der Waals surface area contributed by atoms with E-state index in [1.54, 1.807) is 24.3 Å². The molecule has 1 aliphatic carbocycles. The minimum Gasteiger partial charge on any atom is -0.502 e. The molecule has 2 aromatic rings. The van der Waals surface area contributed by atoms with Crippen molar-refractivity contribution in [1.29, 1.82) is 0 Å². The van der Waals surface area contributed by atoms with Gasteiger partial charge in [0.05, 0.1) is 35.0 Å². The third-order valence-corrected chi connectivity index (χ3v) is 5.37. The number of ether oxygens (including phenoxy) is 4. The first-order valence-corrected chi connectivity index (χ1v) is 9.15. The van der Waals surface area contributed by atoms with Crippen LogP contribution < -0.4 is 18.9 Å². The van der Waals surface area contributed by atoms with Crippen molar-refractivity contribution in [2.45, 2.75) is 5.92 Å². The molecule has 2 atom stereocenters. The van der Waals surface area contributed by atoms with Gasteiger partial charge in [-0.25, -0.2) is 0 Å². The van der Waals surface area contributed by atoms with Crippen LogP contribution in [0.5, 0.6) is 34.5 Å². The van der Waals surface area contributed by atoms with Crippen LogP contribution in [0.2, 0.25) is 0 Å². The Morgan fingerprint density at radius 1 is 0.900 bits per heavy atom. The smallest absolute Gasteiger partial charge is 0.201 e. The number of phenolic OH excluding ortho intramolecular Hbond substituents is 2. The summed E-state index contributed by atoms with van der Waals surface area (Å²) in [6.07, 6.45) is 2.33. The van der Waals surface area contributed by atoms with E-state index in [2.05, 4.69) is 0 Å². The number of rotatable bonds is 7. The van der Waals surface area contributed by atoms with Crippen molar-refractivity contribution >= 4 is 12.4 Å². The topological polar surface area (TPSA) is 115 Å². The molecule has 0 bridgehead atoms. The summed E-state index contributed by atoms with van der Waals surface area (Å²) in [5.41, 5.74) is 2.13. The molecular weight excluding hydrogens is 392 g/mol. The van der Waals surface area contributed by atoms with Crippen LogP contribution in [0.4, 0.5) is 0 Å². The quantitative estimate of drug-likeness (QED) is 0.590. The van der Waals surface area contributed by atoms with Crippen LogP contribution in [0.3, 0.4) is 0 Å². The predicted octanol–water partition coefficient (Wildman–Crippen LogP) is 2.47. The monoisotopic (exact) mass is 416 g/mol. The molecule has 0 fully saturated rings. The van der Waals surface area contributed by atoms with Crippen LogP contribution in [0.25, 0.3) is 6.08 Å². The van der Waals surface area contributed by atoms with E-state index >= 15 is 0 Å². The van der Waals surface area contributed by atoms with Gasteiger partial charge in [-0.3, -0.25) is 4.79 Å². The Labute approximate surface area is 173 Å². The molecule has 8 nitrogen and oxygen atoms in total. The maximum atomic E-state index is 11.8. The van der Waals surface area contributed by atoms with Gasteiger partial charge in [0.1, 0.15) is 6.29 Å². The van der Waals surface area contributed by atoms with Crippen molar-refractivity contribution in [3.63, 3.8) is 0 Å². The minimum atomic E-state index is -0.629. The van der Waals surface area contributed by atoms with Gasteiger partial charge in [-0.1, -0.05) is 0 Å². The molecule has 0 spiro atoms. The van der Waals surface area contributed by atoms with Crippen molar-refractivity contribution in [1.82, 2.24) is 0 Å². The number of carbonyl (C=O) groups is 1. The first kappa shape index (κ1) is 21.3. The molecule has 0 unspecified atom stereocenters. The lowest BCUT2D eigenvalue weighted by Crippen LogP contribution is -2.25. The minimum absolute atomic E-state index is 0.167. The van der Waals surface area contributed by atoms with Gasteiger partial charge in [-0.15, -0.1) is 0 Å². The number of methoxy groups -OCH3 is 4. The fourth-order valence-electron chi connectivity index (χ4n) is 3.97. The molecule has 0 aliphatic heterocycles. The van der Waals surface area contributed by atoms with Crippen LogP contribution in [-0.2, 0) is 4.79 Å². The Kier molecular flexibility index (Phi) is 6.07. The van der Waals surface area contributed by atoms with Gasteiger partial charge in [0.2, 0.25) is 11.5 Å². The van der Waals surface area contributed by atoms with E-state index < -0.39 is 11.8 Å². The van der Waals surface area contributed by atoms with Gasteiger partial charge in [-0.05, 0) is 41.0 Å². The molecule has 160 valence electrons. The van der Waals surface area contributed by atoms with E-state index in [0.717, 1.165) is 0 Å². The SMILES string of the molecule is COc1cc([C@H]2c3c(cc(OC)c(O)c3OC)C=C(C=O)[C@@H]2CO)cc(OC)c1O. The zero-order valence-electron chi connectivity index (χ0n) is 17.1. The lowest BCUT2D eigenvalue weighted by molar-refractivity contribution is -0.105. The maximum Gasteiger partial charge on any atom is 0.201 e. The number of aliphatic hydroxyl groups is 1. The van der Waals surface area contributed by atoms with Crippen molar-refractivity contribution in [2.75, 3.05) is 35.0 Å². The van der Waals surface area contributed by atoms with E-state index in [1.807, 2.05) is 0 Å². The van der Waals surface area contributed by atoms with Crippen LogP contribution in [0.1, 0.15) is 22.6 Å². The molecular formula is C22H24O8. The molecule has 2 aromatic carbocycles. The third kappa shape index (κ3) is 3.29. The van der Waals surface area contributed by atoms with Crippen molar-refractivity contribution in [3.05, 3.63) is 40.5 Å². The molecule has 0 heterocycles. The molecule has 1 aliphatic rings. The van der Waals surface area contributed by atoms with Crippen molar-refractivity contribution in [2.24, 2.45) is 5.92 Å². The second-order valence-corrected chi connectivity index (χ2v) is 6.77. The second kappa shape index (κ2) is 8.54. The zero-order valence-corrected chi connectivity index (χ0v) is 17.1. The number of fused-ring (bicyclic) bond motifs is 1. The highest BCUT2D eigenvalue weighted by Crippen LogP contribution is 2.53. The Morgan fingerprint density at radius 3 is 1.93 bits per heavy atom. The Hall–Kier alpha value is -3.39. The fraction of sp³-hybridized carbons (Fsp3) is 0.318. The van der Waals surface area contributed by atoms with E-state index in [9.17, 15) is 20.1 Å². The molecule has 8 heteroatoms. The summed E-state index contributed by atoms with van der Waals surface area (Å²) in [5.74, 6) is -0.907. The van der Waals surface area contributed by atoms with Crippen molar-refractivity contribution in [3.8, 4) is 34.5 Å². The zero-order chi connectivity index (χ0) is 22.0. The van der Waals surface area contributed by atoms with Crippen LogP contribution in [-0.4, -0.2) is 56.7 Å². The summed E-state index contributed by atoms with van der Waals surface area (Å²) in [4.78, 5) is 11.8. The average Bonchev–Trinajstić information content (AvgIpc) is 2.77. The molecule has 0 radical (unpaired) electrons. The Balaban J connectivity index is 2.39. The lowest BCUT2D eigenvalue weighted by atomic mass is 9.71. The van der Waals surface area contributed by atoms with Gasteiger partial charge >= 0.3 is 0 Å². The number of benzene rings is 2. The second-order valence-electron chi connectivity index (χ2n) is 6.77. The van der Waals surface area contributed by atoms with Gasteiger partial charge in [0, 0.05) is 17.4 Å². The Morgan fingerprint density at radius 2 is 1.47 bits per heavy atom. The van der Waals surface area contributed by atoms with Crippen LogP contribution >= 0.6 is 0 Å². The standard InChI is InChI=1S/C22H24O8/c1-27-15-7-12(8-16(28-2)20(15)25)18-14(10-24)13(9-23)5-11-6-17(29-3)21(26)22(30-4)19(11)18/h5-9,14,18,24-26H,10H2,1-4H3/t14-,18+/m0/s1. The maximum absolute atomic E-state index is 11.8. The molecule has 3 N–H and O–H groups in total. The Bertz CT molecular complexity index is 970. The highest BCUT2D eigenvalue weighted by Gasteiger charge is 2.37. The number of hydrogen-bond donors (Lipinski definition) is 3. The summed E-state index contributed by atoms with van der Waals surface area (Å²) in [6, 6.07) is 4.80. The van der Waals surface area contributed by atoms with Crippen molar-refractivity contribution < 1.29 is 39.1 Å². The highest BCUT2D eigenvalue weighted by molar-refractivity contribution is 5.87.